The molecule has 0 fully saturated rings. The Hall–Kier alpha value is -0.890. The minimum atomic E-state index is 0.866. The van der Waals surface area contributed by atoms with Crippen molar-refractivity contribution < 1.29 is 0 Å². The summed E-state index contributed by atoms with van der Waals surface area (Å²) in [6.07, 6.45) is 0. The van der Waals surface area contributed by atoms with E-state index in [0.717, 1.165) is 10.7 Å². The molecule has 0 unspecified atom stereocenters. The first kappa shape index (κ1) is 4.94. The predicted octanol–water partition coefficient (Wildman–Crippen LogP) is 1.79. The van der Waals surface area contributed by atoms with Crippen LogP contribution in [0.25, 0.3) is 0 Å². The SMILES string of the molecule is S=C1Nc2ccccc21. The number of para-hydroxylation sites is 1. The van der Waals surface area contributed by atoms with Crippen LogP contribution in [0.5, 0.6) is 0 Å². The lowest BCUT2D eigenvalue weighted by atomic mass is 10.1. The highest BCUT2D eigenvalue weighted by Crippen LogP contribution is 2.24. The zero-order valence-electron chi connectivity index (χ0n) is 4.72. The van der Waals surface area contributed by atoms with E-state index in [1.165, 1.54) is 5.56 Å². The molecule has 1 aliphatic heterocycles. The Kier molecular flexibility index (Phi) is 0.848. The first-order chi connectivity index (χ1) is 4.38. The number of nitrogens with one attached hydrogen (secondary N) is 1. The molecule has 0 atom stereocenters. The third-order valence-corrected chi connectivity index (χ3v) is 1.74. The van der Waals surface area contributed by atoms with Gasteiger partial charge in [0.15, 0.2) is 0 Å². The number of fused-ring (bicyclic) bond motifs is 1. The zero-order valence-corrected chi connectivity index (χ0v) is 5.53. The van der Waals surface area contributed by atoms with Gasteiger partial charge in [-0.3, -0.25) is 0 Å². The smallest absolute Gasteiger partial charge is 0.113 e. The number of benzene rings is 1. The van der Waals surface area contributed by atoms with E-state index in [0.29, 0.717) is 0 Å². The summed E-state index contributed by atoms with van der Waals surface area (Å²) >= 11 is 4.93. The Morgan fingerprint density at radius 1 is 1.22 bits per heavy atom. The van der Waals surface area contributed by atoms with Crippen molar-refractivity contribution in [3.63, 3.8) is 0 Å². The van der Waals surface area contributed by atoms with Crippen LogP contribution in [0, 0.1) is 0 Å². The van der Waals surface area contributed by atoms with Gasteiger partial charge in [0.05, 0.1) is 0 Å². The highest BCUT2D eigenvalue weighted by molar-refractivity contribution is 7.81. The van der Waals surface area contributed by atoms with Crippen LogP contribution in [0.1, 0.15) is 5.56 Å². The average Bonchev–Trinajstić information content (AvgIpc) is 1.86. The van der Waals surface area contributed by atoms with E-state index in [2.05, 4.69) is 5.32 Å². The predicted molar refractivity (Wildman–Crippen MR) is 41.8 cm³/mol. The average molecular weight is 135 g/mol. The number of hydrogen-bond acceptors (Lipinski definition) is 1. The Bertz CT molecular complexity index is 267. The fourth-order valence-electron chi connectivity index (χ4n) is 0.917. The van der Waals surface area contributed by atoms with E-state index in [1.54, 1.807) is 0 Å². The van der Waals surface area contributed by atoms with Crippen LogP contribution in [-0.2, 0) is 0 Å². The largest absolute Gasteiger partial charge is 0.345 e. The van der Waals surface area contributed by atoms with Crippen molar-refractivity contribution in [1.29, 1.82) is 0 Å². The van der Waals surface area contributed by atoms with Crippen LogP contribution < -0.4 is 5.32 Å². The van der Waals surface area contributed by atoms with Crippen LogP contribution in [-0.4, -0.2) is 4.99 Å². The van der Waals surface area contributed by atoms with E-state index < -0.39 is 0 Å². The fraction of sp³-hybridized carbons (Fsp3) is 0. The Morgan fingerprint density at radius 2 is 2.00 bits per heavy atom. The van der Waals surface area contributed by atoms with Crippen LogP contribution in [0.3, 0.4) is 0 Å². The summed E-state index contributed by atoms with van der Waals surface area (Å²) in [6.45, 7) is 0. The van der Waals surface area contributed by atoms with Gasteiger partial charge in [-0.1, -0.05) is 24.4 Å². The molecule has 9 heavy (non-hydrogen) atoms. The van der Waals surface area contributed by atoms with E-state index in [1.807, 2.05) is 24.3 Å². The Labute approximate surface area is 58.7 Å². The molecule has 2 heteroatoms. The summed E-state index contributed by atoms with van der Waals surface area (Å²) < 4.78 is 0. The standard InChI is InChI=1S/C7H5NS/c9-7-5-3-1-2-4-6(5)8-7/h1-4H,(H,8,9). The second-order valence-electron chi connectivity index (χ2n) is 2.00. The van der Waals surface area contributed by atoms with Crippen LogP contribution in [0.4, 0.5) is 5.69 Å². The van der Waals surface area contributed by atoms with Crippen molar-refractivity contribution in [2.24, 2.45) is 0 Å². The van der Waals surface area contributed by atoms with Crippen molar-refractivity contribution in [3.05, 3.63) is 29.8 Å². The van der Waals surface area contributed by atoms with Crippen LogP contribution in [0.15, 0.2) is 24.3 Å². The molecule has 1 N–H and O–H groups in total. The van der Waals surface area contributed by atoms with Crippen molar-refractivity contribution in [2.75, 3.05) is 5.32 Å². The maximum atomic E-state index is 4.93. The molecular formula is C7H5NS. The summed E-state index contributed by atoms with van der Waals surface area (Å²) in [7, 11) is 0. The summed E-state index contributed by atoms with van der Waals surface area (Å²) in [5.74, 6) is 0. The van der Waals surface area contributed by atoms with E-state index in [4.69, 9.17) is 12.2 Å². The van der Waals surface area contributed by atoms with Gasteiger partial charge in [-0.15, -0.1) is 0 Å². The maximum absolute atomic E-state index is 4.93. The molecule has 0 aromatic heterocycles. The summed E-state index contributed by atoms with van der Waals surface area (Å²) in [5, 5.41) is 3.02. The monoisotopic (exact) mass is 135 g/mol. The van der Waals surface area contributed by atoms with Gasteiger partial charge < -0.3 is 5.32 Å². The van der Waals surface area contributed by atoms with E-state index in [-0.39, 0.29) is 0 Å². The highest BCUT2D eigenvalue weighted by atomic mass is 32.1. The zero-order chi connectivity index (χ0) is 6.27. The Balaban J connectivity index is 2.63. The van der Waals surface area contributed by atoms with Crippen molar-refractivity contribution in [1.82, 2.24) is 0 Å². The van der Waals surface area contributed by atoms with Gasteiger partial charge in [-0.05, 0) is 12.1 Å². The van der Waals surface area contributed by atoms with Crippen molar-refractivity contribution in [3.8, 4) is 0 Å². The lowest BCUT2D eigenvalue weighted by Crippen LogP contribution is -2.22. The quantitative estimate of drug-likeness (QED) is 0.544. The lowest BCUT2D eigenvalue weighted by molar-refractivity contribution is 1.53. The number of thiocarbonyl (C=S) groups is 1. The molecule has 1 aromatic carbocycles. The fourth-order valence-corrected chi connectivity index (χ4v) is 1.21. The molecule has 0 spiro atoms. The maximum Gasteiger partial charge on any atom is 0.113 e. The second-order valence-corrected chi connectivity index (χ2v) is 2.41. The molecule has 1 aromatic rings. The second kappa shape index (κ2) is 1.54. The molecular weight excluding hydrogens is 130 g/mol. The lowest BCUT2D eigenvalue weighted by Gasteiger charge is -2.21. The van der Waals surface area contributed by atoms with E-state index >= 15 is 0 Å². The molecule has 1 nitrogen and oxygen atoms in total. The molecule has 44 valence electrons. The van der Waals surface area contributed by atoms with Crippen molar-refractivity contribution >= 4 is 22.9 Å². The molecule has 0 radical (unpaired) electrons. The molecule has 0 aliphatic carbocycles. The minimum absolute atomic E-state index is 0.866. The first-order valence-electron chi connectivity index (χ1n) is 2.78. The molecule has 1 aliphatic rings. The van der Waals surface area contributed by atoms with Gasteiger partial charge in [0.2, 0.25) is 0 Å². The van der Waals surface area contributed by atoms with Gasteiger partial charge in [0.25, 0.3) is 0 Å². The molecule has 0 saturated carbocycles. The third-order valence-electron chi connectivity index (χ3n) is 1.42. The molecule has 0 saturated heterocycles. The van der Waals surface area contributed by atoms with Crippen LogP contribution in [0.2, 0.25) is 0 Å². The third kappa shape index (κ3) is 0.566. The first-order valence-corrected chi connectivity index (χ1v) is 3.19. The molecule has 0 bridgehead atoms. The molecule has 1 heterocycles. The van der Waals surface area contributed by atoms with Gasteiger partial charge >= 0.3 is 0 Å². The van der Waals surface area contributed by atoms with Crippen molar-refractivity contribution in [2.45, 2.75) is 0 Å². The molecule has 0 amide bonds. The highest BCUT2D eigenvalue weighted by Gasteiger charge is 2.15. The van der Waals surface area contributed by atoms with Gasteiger partial charge in [-0.25, -0.2) is 0 Å². The van der Waals surface area contributed by atoms with Gasteiger partial charge in [0.1, 0.15) is 4.99 Å². The minimum Gasteiger partial charge on any atom is -0.345 e. The number of rotatable bonds is 0. The number of anilines is 1. The van der Waals surface area contributed by atoms with Gasteiger partial charge in [-0.2, -0.15) is 0 Å². The number of hydrogen-bond donors (Lipinski definition) is 1. The van der Waals surface area contributed by atoms with Crippen LogP contribution >= 0.6 is 12.2 Å². The van der Waals surface area contributed by atoms with E-state index in [9.17, 15) is 0 Å². The van der Waals surface area contributed by atoms with Gasteiger partial charge in [0, 0.05) is 11.3 Å². The summed E-state index contributed by atoms with van der Waals surface area (Å²) in [6, 6.07) is 8.03. The topological polar surface area (TPSA) is 12.0 Å². The normalized spacial score (nSPS) is 13.6. The summed E-state index contributed by atoms with van der Waals surface area (Å²) in [4.78, 5) is 0.866. The molecule has 2 rings (SSSR count). The Morgan fingerprint density at radius 3 is 2.56 bits per heavy atom. The summed E-state index contributed by atoms with van der Waals surface area (Å²) in [5.41, 5.74) is 2.33.